The Morgan fingerprint density at radius 1 is 0.518 bits per heavy atom. The van der Waals surface area contributed by atoms with Crippen LogP contribution in [0.4, 0.5) is 35.3 Å². The van der Waals surface area contributed by atoms with Gasteiger partial charge in [-0.15, -0.1) is 0 Å². The number of aliphatic carboxylic acids is 3. The average molecular weight is 1640 g/mol. The molecule has 28 heteroatoms. The zero-order valence-corrected chi connectivity index (χ0v) is 71.0. The van der Waals surface area contributed by atoms with Gasteiger partial charge in [0, 0.05) is 129 Å². The highest BCUT2D eigenvalue weighted by molar-refractivity contribution is 6.33. The third-order valence-corrected chi connectivity index (χ3v) is 27.5. The van der Waals surface area contributed by atoms with Crippen molar-refractivity contribution in [2.45, 2.75) is 195 Å². The van der Waals surface area contributed by atoms with E-state index in [9.17, 15) is 39.6 Å². The molecule has 616 valence electrons. The van der Waals surface area contributed by atoms with E-state index in [0.29, 0.717) is 113 Å². The van der Waals surface area contributed by atoms with Gasteiger partial charge in [0.05, 0.1) is 40.8 Å². The number of rotatable bonds is 24. The normalized spacial score (nSPS) is 25.9. The van der Waals surface area contributed by atoms with Crippen LogP contribution in [0, 0.1) is 74.0 Å². The lowest BCUT2D eigenvalue weighted by Crippen LogP contribution is -2.60. The Morgan fingerprint density at radius 3 is 1.38 bits per heavy atom. The van der Waals surface area contributed by atoms with Crippen LogP contribution in [0.2, 0.25) is 20.1 Å². The van der Waals surface area contributed by atoms with Crippen molar-refractivity contribution >= 4 is 106 Å². The van der Waals surface area contributed by atoms with Gasteiger partial charge in [-0.05, 0) is 254 Å². The van der Waals surface area contributed by atoms with E-state index in [1.54, 1.807) is 26.2 Å². The standard InChI is InChI=1S/C30H42ClN5O3.C28H36Cl2N6O3.C28H38ClN5O2/c1-18-8-9-23(25(31)11-18)19(2)33-26-24(29(3,4)39)14-32-28(34-26)36-16-21(17-36)20-7-6-10-35(15-20)22-12-30(5,13-22)27(37)38;1-17-7-8-20(22(29)13-17)18(2)32-26-23(30)14-31-28(33-26)36-15-19(16-36)21-5-3-10-35(25(21)27(38)39)12-11-34-9-4-6-24(34)37;1-17-7-8-23(24(29)10-17)19(3)31-25-18(2)13-30-27(32-25)34-15-21(16-34)20-6-5-9-33(14-20)22-11-28(4,12-22)26(35)36/h8-9,11,14,19-22,39H,6-7,10,12-13,15-17H2,1-5H3,(H,37,38)(H,32,33,34);7-8,13-14,18-19,21,25H,3-6,9-12,15-16H2,1-2H3,(H,38,39)(H,31,32,33);7-8,10,13,19-22H,5-6,9,11-12,14-16H2,1-4H3,(H,35,36)(H,30,31,32)/t19-,20+,22?,30?;18-,21?,25?;19-,20+,22?,28?/m111/s1. The number of anilines is 6. The monoisotopic (exact) mass is 1640 g/mol. The van der Waals surface area contributed by atoms with Crippen molar-refractivity contribution in [2.24, 2.45) is 46.3 Å². The molecule has 9 aliphatic rings. The lowest BCUT2D eigenvalue weighted by atomic mass is 9.65. The Labute approximate surface area is 691 Å². The first-order valence-electron chi connectivity index (χ1n) is 41.2. The average Bonchev–Trinajstić information content (AvgIpc) is 0.839. The van der Waals surface area contributed by atoms with Gasteiger partial charge in [-0.25, -0.2) is 15.0 Å². The Bertz CT molecular complexity index is 4450. The van der Waals surface area contributed by atoms with Gasteiger partial charge < -0.3 is 65.8 Å². The summed E-state index contributed by atoms with van der Waals surface area (Å²) in [5.74, 6) is 4.93. The van der Waals surface area contributed by atoms with Crippen LogP contribution in [0.25, 0.3) is 0 Å². The minimum Gasteiger partial charge on any atom is -0.481 e. The van der Waals surface area contributed by atoms with Crippen molar-refractivity contribution < 1.29 is 39.6 Å². The fraction of sp³-hybridized carbons (Fsp3) is 0.605. The van der Waals surface area contributed by atoms with Crippen LogP contribution in [-0.2, 0) is 24.8 Å². The number of carbonyl (C=O) groups excluding carboxylic acids is 1. The summed E-state index contributed by atoms with van der Waals surface area (Å²) in [5.41, 5.74) is 5.84. The predicted octanol–water partition coefficient (Wildman–Crippen LogP) is 15.1. The summed E-state index contributed by atoms with van der Waals surface area (Å²) >= 11 is 25.9. The van der Waals surface area contributed by atoms with E-state index in [4.69, 9.17) is 61.4 Å². The quantitative estimate of drug-likeness (QED) is 0.0296. The zero-order valence-electron chi connectivity index (χ0n) is 68.0. The minimum atomic E-state index is -1.10. The molecule has 7 aliphatic heterocycles. The highest BCUT2D eigenvalue weighted by atomic mass is 35.5. The first kappa shape index (κ1) is 84.5. The number of aromatic nitrogens is 6. The summed E-state index contributed by atoms with van der Waals surface area (Å²) in [5, 5.41) is 52.9. The fourth-order valence-corrected chi connectivity index (χ4v) is 20.2. The molecular weight excluding hydrogens is 1530 g/mol. The second kappa shape index (κ2) is 35.4. The Balaban J connectivity index is 0.000000149. The molecule has 0 radical (unpaired) electrons. The molecule has 3 aromatic heterocycles. The zero-order chi connectivity index (χ0) is 81.4. The lowest BCUT2D eigenvalue weighted by molar-refractivity contribution is -0.159. The second-order valence-electron chi connectivity index (χ2n) is 35.5. The van der Waals surface area contributed by atoms with Crippen LogP contribution in [0.15, 0.2) is 73.2 Å². The number of benzene rings is 3. The van der Waals surface area contributed by atoms with Gasteiger partial charge in [0.1, 0.15) is 22.7 Å². The topological polar surface area (TPSA) is 285 Å². The molecule has 15 rings (SSSR count). The van der Waals surface area contributed by atoms with Crippen molar-refractivity contribution in [2.75, 3.05) is 122 Å². The number of halogens is 4. The van der Waals surface area contributed by atoms with Gasteiger partial charge in [-0.3, -0.25) is 24.1 Å². The Hall–Kier alpha value is -7.42. The number of amides is 1. The van der Waals surface area contributed by atoms with Crippen LogP contribution >= 0.6 is 46.4 Å². The van der Waals surface area contributed by atoms with E-state index >= 15 is 0 Å². The lowest BCUT2D eigenvalue weighted by Gasteiger charge is -2.52. The molecule has 2 aliphatic carbocycles. The van der Waals surface area contributed by atoms with Crippen LogP contribution in [0.1, 0.15) is 188 Å². The molecule has 0 spiro atoms. The smallest absolute Gasteiger partial charge is 0.321 e. The highest BCUT2D eigenvalue weighted by Crippen LogP contribution is 2.48. The van der Waals surface area contributed by atoms with Gasteiger partial charge in [-0.1, -0.05) is 82.8 Å². The highest BCUT2D eigenvalue weighted by Gasteiger charge is 2.52. The van der Waals surface area contributed by atoms with Crippen LogP contribution in [0.3, 0.4) is 0 Å². The number of carboxylic acids is 3. The number of aryl methyl sites for hydroxylation is 4. The van der Waals surface area contributed by atoms with Crippen LogP contribution in [0.5, 0.6) is 0 Å². The molecule has 0 bridgehead atoms. The maximum Gasteiger partial charge on any atom is 0.321 e. The summed E-state index contributed by atoms with van der Waals surface area (Å²) in [7, 11) is 0. The molecule has 2 unspecified atom stereocenters. The third-order valence-electron chi connectivity index (χ3n) is 26.2. The number of piperidine rings is 3. The van der Waals surface area contributed by atoms with Gasteiger partial charge >= 0.3 is 17.9 Å². The first-order chi connectivity index (χ1) is 54.2. The van der Waals surface area contributed by atoms with E-state index in [2.05, 4.69) is 79.4 Å². The minimum absolute atomic E-state index is 0.0337. The summed E-state index contributed by atoms with van der Waals surface area (Å²) in [6.07, 6.45) is 16.5. The van der Waals surface area contributed by atoms with E-state index < -0.39 is 40.4 Å². The van der Waals surface area contributed by atoms with Crippen molar-refractivity contribution in [3.63, 3.8) is 0 Å². The molecule has 10 heterocycles. The third kappa shape index (κ3) is 19.2. The molecule has 7 saturated heterocycles. The van der Waals surface area contributed by atoms with Crippen molar-refractivity contribution in [3.05, 3.63) is 138 Å². The van der Waals surface area contributed by atoms with E-state index in [0.717, 1.165) is 166 Å². The molecule has 3 aromatic carbocycles. The maximum atomic E-state index is 12.4. The maximum absolute atomic E-state index is 12.4. The van der Waals surface area contributed by atoms with Crippen LogP contribution < -0.4 is 30.7 Å². The van der Waals surface area contributed by atoms with Crippen molar-refractivity contribution in [1.29, 1.82) is 0 Å². The van der Waals surface area contributed by atoms with E-state index in [-0.39, 0.29) is 35.9 Å². The van der Waals surface area contributed by atoms with Crippen LogP contribution in [-0.4, -0.2) is 203 Å². The fourth-order valence-electron chi connectivity index (χ4n) is 18.8. The molecule has 9 fully saturated rings. The molecule has 7 N–H and O–H groups in total. The molecular formula is C86H116Cl4N16O8. The van der Waals surface area contributed by atoms with Crippen molar-refractivity contribution in [1.82, 2.24) is 49.5 Å². The molecule has 2 saturated carbocycles. The number of hydrogen-bond donors (Lipinski definition) is 7. The van der Waals surface area contributed by atoms with E-state index in [1.165, 1.54) is 25.7 Å². The second-order valence-corrected chi connectivity index (χ2v) is 37.1. The first-order valence-corrected chi connectivity index (χ1v) is 42.7. The summed E-state index contributed by atoms with van der Waals surface area (Å²) < 4.78 is 0. The molecule has 24 nitrogen and oxygen atoms in total. The molecule has 7 atom stereocenters. The molecule has 114 heavy (non-hydrogen) atoms. The number of nitrogens with zero attached hydrogens (tertiary/aromatic N) is 13. The van der Waals surface area contributed by atoms with Gasteiger partial charge in [-0.2, -0.15) is 15.0 Å². The number of carboxylic acid groups (broad SMARTS) is 3. The van der Waals surface area contributed by atoms with Gasteiger partial charge in [0.25, 0.3) is 0 Å². The Morgan fingerprint density at radius 2 is 0.939 bits per heavy atom. The van der Waals surface area contributed by atoms with Gasteiger partial charge in [0.15, 0.2) is 5.82 Å². The van der Waals surface area contributed by atoms with Crippen molar-refractivity contribution in [3.8, 4) is 0 Å². The summed E-state index contributed by atoms with van der Waals surface area (Å²) in [4.78, 5) is 91.2. The number of aliphatic hydroxyl groups is 1. The molecule has 6 aromatic rings. The number of nitrogens with one attached hydrogen (secondary N) is 3. The molecule has 1 amide bonds. The van der Waals surface area contributed by atoms with E-state index in [1.807, 2.05) is 109 Å². The SMILES string of the molecule is Cc1ccc([C@@H](C)Nc2nc(N3CC(C4CCCN(CCN5CCCC5=O)C4C(=O)O)C3)ncc2Cl)c(Cl)c1.Cc1ccc([C@@H](C)Nc2nc(N3CC([C@H]4CCCN(C5CC(C)(C(=O)O)C5)C4)C3)ncc2C(C)(C)O)c(Cl)c1.Cc1ccc([C@@H](C)Nc2nc(N3CC([C@H]4CCCN(C5CC(C)(C(=O)O)C5)C4)C3)ncc2C)c(Cl)c1. The van der Waals surface area contributed by atoms with Gasteiger partial charge in [0.2, 0.25) is 23.8 Å². The number of likely N-dealkylation sites (tertiary alicyclic amines) is 4. The summed E-state index contributed by atoms with van der Waals surface area (Å²) in [6, 6.07) is 18.3. The predicted molar refractivity (Wildman–Crippen MR) is 451 cm³/mol. The number of hydrogen-bond acceptors (Lipinski definition) is 20. The number of carbonyl (C=O) groups is 4. The summed E-state index contributed by atoms with van der Waals surface area (Å²) in [6.45, 7) is 33.8. The largest absolute Gasteiger partial charge is 0.481 e. The Kier molecular flexibility index (Phi) is 26.2.